The van der Waals surface area contributed by atoms with Gasteiger partial charge in [-0.05, 0) is 32.4 Å². The molecule has 1 aliphatic rings. The molecular weight excluding hydrogens is 376 g/mol. The smallest absolute Gasteiger partial charge is 0.140 e. The van der Waals surface area contributed by atoms with Crippen molar-refractivity contribution in [1.82, 2.24) is 19.9 Å². The molecule has 5 rings (SSSR count). The van der Waals surface area contributed by atoms with Gasteiger partial charge < -0.3 is 9.80 Å². The predicted octanol–water partition coefficient (Wildman–Crippen LogP) is 4.03. The zero-order valence-corrected chi connectivity index (χ0v) is 17.0. The van der Waals surface area contributed by atoms with E-state index in [1.807, 2.05) is 0 Å². The van der Waals surface area contributed by atoms with Crippen LogP contribution in [0.1, 0.15) is 16.2 Å². The fourth-order valence-corrected chi connectivity index (χ4v) is 5.46. The highest BCUT2D eigenvalue weighted by Gasteiger charge is 2.21. The Morgan fingerprint density at radius 1 is 0.704 bits per heavy atom. The van der Waals surface area contributed by atoms with Crippen molar-refractivity contribution in [2.45, 2.75) is 20.3 Å². The highest BCUT2D eigenvalue weighted by molar-refractivity contribution is 7.19. The topological polar surface area (TPSA) is 58.0 Å². The number of thiophene rings is 2. The summed E-state index contributed by atoms with van der Waals surface area (Å²) in [5, 5.41) is 2.35. The highest BCUT2D eigenvalue weighted by Crippen LogP contribution is 2.32. The molecule has 0 bridgehead atoms. The number of aromatic nitrogens is 4. The summed E-state index contributed by atoms with van der Waals surface area (Å²) >= 11 is 3.47. The van der Waals surface area contributed by atoms with Crippen LogP contribution in [0, 0.1) is 13.8 Å². The zero-order valence-electron chi connectivity index (χ0n) is 15.3. The molecule has 5 heterocycles. The van der Waals surface area contributed by atoms with Crippen LogP contribution in [-0.2, 0) is 0 Å². The Labute approximate surface area is 165 Å². The van der Waals surface area contributed by atoms with Gasteiger partial charge in [-0.15, -0.1) is 22.7 Å². The minimum Gasteiger partial charge on any atom is -0.354 e. The van der Waals surface area contributed by atoms with E-state index < -0.39 is 0 Å². The van der Waals surface area contributed by atoms with Gasteiger partial charge >= 0.3 is 0 Å². The number of hydrogen-bond donors (Lipinski definition) is 0. The Morgan fingerprint density at radius 3 is 1.67 bits per heavy atom. The van der Waals surface area contributed by atoms with Crippen LogP contribution in [0.2, 0.25) is 0 Å². The molecule has 0 radical (unpaired) electrons. The quantitative estimate of drug-likeness (QED) is 0.510. The highest BCUT2D eigenvalue weighted by atomic mass is 32.1. The molecule has 4 aromatic heterocycles. The lowest BCUT2D eigenvalue weighted by Crippen LogP contribution is -2.31. The van der Waals surface area contributed by atoms with Crippen LogP contribution in [0.25, 0.3) is 20.4 Å². The Morgan fingerprint density at radius 2 is 1.19 bits per heavy atom. The molecule has 0 aromatic carbocycles. The van der Waals surface area contributed by atoms with Crippen LogP contribution in [0.4, 0.5) is 11.6 Å². The molecule has 1 saturated heterocycles. The van der Waals surface area contributed by atoms with Crippen molar-refractivity contribution < 1.29 is 0 Å². The van der Waals surface area contributed by atoms with Crippen LogP contribution in [0.5, 0.6) is 0 Å². The van der Waals surface area contributed by atoms with E-state index in [1.54, 1.807) is 35.3 Å². The Balaban J connectivity index is 1.44. The monoisotopic (exact) mass is 396 g/mol. The summed E-state index contributed by atoms with van der Waals surface area (Å²) in [5.74, 6) is 2.12. The maximum absolute atomic E-state index is 4.62. The minimum absolute atomic E-state index is 0.926. The van der Waals surface area contributed by atoms with Crippen LogP contribution in [0.3, 0.4) is 0 Å². The fraction of sp³-hybridized carbons (Fsp3) is 0.368. The van der Waals surface area contributed by atoms with Crippen molar-refractivity contribution in [1.29, 1.82) is 0 Å². The third-order valence-corrected chi connectivity index (χ3v) is 6.88. The van der Waals surface area contributed by atoms with Gasteiger partial charge in [-0.25, -0.2) is 19.9 Å². The third kappa shape index (κ3) is 3.02. The molecule has 8 heteroatoms. The minimum atomic E-state index is 0.926. The van der Waals surface area contributed by atoms with Gasteiger partial charge in [0.25, 0.3) is 0 Å². The van der Waals surface area contributed by atoms with Gasteiger partial charge in [-0.2, -0.15) is 0 Å². The van der Waals surface area contributed by atoms with Gasteiger partial charge in [-0.3, -0.25) is 0 Å². The van der Waals surface area contributed by atoms with Crippen LogP contribution < -0.4 is 9.80 Å². The van der Waals surface area contributed by atoms with E-state index in [0.717, 1.165) is 53.9 Å². The molecule has 138 valence electrons. The number of rotatable bonds is 2. The summed E-state index contributed by atoms with van der Waals surface area (Å²) in [7, 11) is 0. The lowest BCUT2D eigenvalue weighted by atomic mass is 10.3. The summed E-state index contributed by atoms with van der Waals surface area (Å²) in [5.41, 5.74) is 0. The summed E-state index contributed by atoms with van der Waals surface area (Å²) in [6.45, 7) is 8.10. The van der Waals surface area contributed by atoms with E-state index in [4.69, 9.17) is 0 Å². The van der Waals surface area contributed by atoms with E-state index in [1.165, 1.54) is 20.5 Å². The molecule has 0 spiro atoms. The third-order valence-electron chi connectivity index (χ3n) is 4.96. The fourth-order valence-electron chi connectivity index (χ4n) is 3.77. The van der Waals surface area contributed by atoms with Gasteiger partial charge in [0, 0.05) is 35.9 Å². The molecule has 0 aliphatic carbocycles. The summed E-state index contributed by atoms with van der Waals surface area (Å²) in [4.78, 5) is 27.6. The lowest BCUT2D eigenvalue weighted by molar-refractivity contribution is 0.796. The van der Waals surface area contributed by atoms with Crippen LogP contribution >= 0.6 is 22.7 Å². The maximum atomic E-state index is 4.62. The van der Waals surface area contributed by atoms with Crippen molar-refractivity contribution in [2.24, 2.45) is 0 Å². The summed E-state index contributed by atoms with van der Waals surface area (Å²) in [6.07, 6.45) is 4.46. The Hall–Kier alpha value is -2.32. The average molecular weight is 397 g/mol. The molecular formula is C19H20N6S2. The van der Waals surface area contributed by atoms with Gasteiger partial charge in [0.05, 0.1) is 10.8 Å². The molecule has 0 amide bonds. The summed E-state index contributed by atoms with van der Waals surface area (Å²) in [6, 6.07) is 4.42. The molecule has 27 heavy (non-hydrogen) atoms. The van der Waals surface area contributed by atoms with Gasteiger partial charge in [0.2, 0.25) is 0 Å². The second-order valence-corrected chi connectivity index (χ2v) is 9.34. The molecule has 0 N–H and O–H groups in total. The molecule has 6 nitrogen and oxygen atoms in total. The van der Waals surface area contributed by atoms with E-state index in [0.29, 0.717) is 0 Å². The van der Waals surface area contributed by atoms with Crippen molar-refractivity contribution in [3.63, 3.8) is 0 Å². The van der Waals surface area contributed by atoms with Crippen molar-refractivity contribution >= 4 is 54.7 Å². The van der Waals surface area contributed by atoms with E-state index in [2.05, 4.69) is 55.7 Å². The molecule has 0 unspecified atom stereocenters. The first-order chi connectivity index (χ1) is 13.2. The standard InChI is InChI=1S/C19H20N6S2/c1-12-8-14-16(20-10-22-18(14)26-12)24-4-3-5-25(7-6-24)17-15-9-13(2)27-19(15)23-11-21-17/h8-11H,3-7H2,1-2H3. The Kier molecular flexibility index (Phi) is 4.17. The SMILES string of the molecule is Cc1cc2c(N3CCCN(c4ncnc5sc(C)cc45)CC3)ncnc2s1. The van der Waals surface area contributed by atoms with Gasteiger partial charge in [0.1, 0.15) is 34.0 Å². The molecule has 0 saturated carbocycles. The van der Waals surface area contributed by atoms with E-state index in [-0.39, 0.29) is 0 Å². The van der Waals surface area contributed by atoms with E-state index in [9.17, 15) is 0 Å². The number of anilines is 2. The first kappa shape index (κ1) is 16.8. The largest absolute Gasteiger partial charge is 0.354 e. The number of nitrogens with zero attached hydrogens (tertiary/aromatic N) is 6. The first-order valence-corrected chi connectivity index (χ1v) is 10.7. The van der Waals surface area contributed by atoms with Crippen molar-refractivity contribution in [3.8, 4) is 0 Å². The van der Waals surface area contributed by atoms with Crippen LogP contribution in [-0.4, -0.2) is 46.1 Å². The second-order valence-electron chi connectivity index (χ2n) is 6.87. The molecule has 0 atom stereocenters. The van der Waals surface area contributed by atoms with Crippen LogP contribution in [0.15, 0.2) is 24.8 Å². The first-order valence-electron chi connectivity index (χ1n) is 9.11. The second kappa shape index (κ2) is 6.69. The molecule has 4 aromatic rings. The van der Waals surface area contributed by atoms with Crippen molar-refractivity contribution in [3.05, 3.63) is 34.5 Å². The number of fused-ring (bicyclic) bond motifs is 2. The van der Waals surface area contributed by atoms with Gasteiger partial charge in [-0.1, -0.05) is 0 Å². The molecule has 1 fully saturated rings. The summed E-state index contributed by atoms with van der Waals surface area (Å²) < 4.78 is 0. The normalized spacial score (nSPS) is 15.6. The number of aryl methyl sites for hydroxylation is 2. The average Bonchev–Trinajstić information content (AvgIpc) is 3.13. The van der Waals surface area contributed by atoms with Crippen molar-refractivity contribution in [2.75, 3.05) is 36.0 Å². The lowest BCUT2D eigenvalue weighted by Gasteiger charge is -2.24. The van der Waals surface area contributed by atoms with Gasteiger partial charge in [0.15, 0.2) is 0 Å². The molecule has 1 aliphatic heterocycles. The zero-order chi connectivity index (χ0) is 18.4. The Bertz CT molecular complexity index is 1030. The van der Waals surface area contributed by atoms with E-state index >= 15 is 0 Å². The number of hydrogen-bond acceptors (Lipinski definition) is 8. The predicted molar refractivity (Wildman–Crippen MR) is 113 cm³/mol. The maximum Gasteiger partial charge on any atom is 0.140 e.